The monoisotopic (exact) mass is 401 g/mol. The molecule has 0 spiro atoms. The minimum atomic E-state index is -0.359. The summed E-state index contributed by atoms with van der Waals surface area (Å²) in [6.45, 7) is 3.12. The van der Waals surface area contributed by atoms with E-state index in [9.17, 15) is 14.0 Å². The number of aromatic nitrogens is 2. The molecule has 1 N–H and O–H groups in total. The van der Waals surface area contributed by atoms with Gasteiger partial charge in [0.2, 0.25) is 0 Å². The highest BCUT2D eigenvalue weighted by Gasteiger charge is 2.23. The van der Waals surface area contributed by atoms with Gasteiger partial charge >= 0.3 is 0 Å². The molecule has 0 radical (unpaired) electrons. The Morgan fingerprint density at radius 1 is 1.46 bits per heavy atom. The number of carbonyl (C=O) groups is 1. The Balaban J connectivity index is 1.62. The number of nitrogens with zero attached hydrogens (tertiary/aromatic N) is 2. The van der Waals surface area contributed by atoms with Gasteiger partial charge in [-0.05, 0) is 37.5 Å². The second-order valence-electron chi connectivity index (χ2n) is 6.86. The number of fused-ring (bicyclic) bond motifs is 1. The Bertz CT molecular complexity index is 1090. The van der Waals surface area contributed by atoms with Crippen molar-refractivity contribution in [3.63, 3.8) is 0 Å². The first-order valence-electron chi connectivity index (χ1n) is 9.15. The van der Waals surface area contributed by atoms with Crippen molar-refractivity contribution in [2.75, 3.05) is 6.61 Å². The third kappa shape index (κ3) is 3.70. The molecule has 1 saturated heterocycles. The fourth-order valence-electron chi connectivity index (χ4n) is 3.47. The summed E-state index contributed by atoms with van der Waals surface area (Å²) < 4.78 is 20.5. The molecule has 1 atom stereocenters. The van der Waals surface area contributed by atoms with Crippen molar-refractivity contribution in [2.45, 2.75) is 39.0 Å². The number of nitrogens with one attached hydrogen (secondary N) is 1. The van der Waals surface area contributed by atoms with E-state index in [1.165, 1.54) is 34.4 Å². The van der Waals surface area contributed by atoms with Crippen molar-refractivity contribution < 1.29 is 13.9 Å². The summed E-state index contributed by atoms with van der Waals surface area (Å²) in [6.07, 6.45) is 3.42. The topological polar surface area (TPSA) is 73.2 Å². The molecule has 0 saturated carbocycles. The fraction of sp³-hybridized carbons (Fsp3) is 0.350. The van der Waals surface area contributed by atoms with Crippen LogP contribution in [0.2, 0.25) is 0 Å². The lowest BCUT2D eigenvalue weighted by Gasteiger charge is -2.11. The smallest absolute Gasteiger partial charge is 0.262 e. The van der Waals surface area contributed by atoms with Crippen LogP contribution in [-0.2, 0) is 17.8 Å². The van der Waals surface area contributed by atoms with Crippen LogP contribution in [0.3, 0.4) is 0 Å². The molecule has 1 aliphatic rings. The van der Waals surface area contributed by atoms with Crippen LogP contribution < -0.4 is 10.9 Å². The first-order chi connectivity index (χ1) is 13.5. The van der Waals surface area contributed by atoms with Crippen LogP contribution in [0.1, 0.15) is 33.6 Å². The zero-order valence-corrected chi connectivity index (χ0v) is 16.2. The SMILES string of the molecule is Cc1sc2ncn(C[C@H]3CCCO3)c(=O)c2c1C(=O)NCc1cccc(F)c1. The molecule has 6 nitrogen and oxygen atoms in total. The number of ether oxygens (including phenoxy) is 1. The highest BCUT2D eigenvalue weighted by molar-refractivity contribution is 7.19. The molecule has 0 bridgehead atoms. The summed E-state index contributed by atoms with van der Waals surface area (Å²) in [5.41, 5.74) is 0.760. The second kappa shape index (κ2) is 7.81. The predicted molar refractivity (Wildman–Crippen MR) is 105 cm³/mol. The molecular formula is C20H20FN3O3S. The van der Waals surface area contributed by atoms with E-state index in [1.807, 2.05) is 0 Å². The quantitative estimate of drug-likeness (QED) is 0.713. The van der Waals surface area contributed by atoms with Gasteiger partial charge in [0, 0.05) is 18.0 Å². The van der Waals surface area contributed by atoms with E-state index in [2.05, 4.69) is 10.3 Å². The lowest BCUT2D eigenvalue weighted by atomic mass is 10.1. The number of carbonyl (C=O) groups excluding carboxylic acids is 1. The Morgan fingerprint density at radius 2 is 2.32 bits per heavy atom. The van der Waals surface area contributed by atoms with Gasteiger partial charge in [0.1, 0.15) is 10.6 Å². The van der Waals surface area contributed by atoms with Crippen LogP contribution in [0, 0.1) is 12.7 Å². The average Bonchev–Trinajstić information content (AvgIpc) is 3.29. The summed E-state index contributed by atoms with van der Waals surface area (Å²) in [5.74, 6) is -0.716. The minimum absolute atomic E-state index is 0.00179. The number of hydrogen-bond acceptors (Lipinski definition) is 5. The molecule has 28 heavy (non-hydrogen) atoms. The van der Waals surface area contributed by atoms with Crippen LogP contribution in [0.5, 0.6) is 0 Å². The molecule has 1 fully saturated rings. The Kier molecular flexibility index (Phi) is 5.23. The van der Waals surface area contributed by atoms with Gasteiger partial charge in [0.25, 0.3) is 11.5 Å². The first-order valence-corrected chi connectivity index (χ1v) is 9.97. The molecule has 3 heterocycles. The molecule has 4 rings (SSSR count). The number of halogens is 1. The van der Waals surface area contributed by atoms with Crippen LogP contribution in [0.15, 0.2) is 35.4 Å². The molecule has 1 amide bonds. The predicted octanol–water partition coefficient (Wildman–Crippen LogP) is 3.01. The number of thiophene rings is 1. The summed E-state index contributed by atoms with van der Waals surface area (Å²) >= 11 is 1.32. The molecule has 0 aliphatic carbocycles. The second-order valence-corrected chi connectivity index (χ2v) is 8.07. The summed E-state index contributed by atoms with van der Waals surface area (Å²) in [5, 5.41) is 3.11. The third-order valence-corrected chi connectivity index (χ3v) is 5.86. The van der Waals surface area contributed by atoms with Crippen LogP contribution in [0.25, 0.3) is 10.2 Å². The fourth-order valence-corrected chi connectivity index (χ4v) is 4.44. The van der Waals surface area contributed by atoms with Gasteiger partial charge in [-0.25, -0.2) is 9.37 Å². The third-order valence-electron chi connectivity index (χ3n) is 4.85. The van der Waals surface area contributed by atoms with E-state index in [4.69, 9.17) is 4.74 Å². The van der Waals surface area contributed by atoms with Crippen LogP contribution in [-0.4, -0.2) is 28.2 Å². The summed E-state index contributed by atoms with van der Waals surface area (Å²) in [6, 6.07) is 6.05. The zero-order valence-electron chi connectivity index (χ0n) is 15.4. The number of hydrogen-bond donors (Lipinski definition) is 1. The number of rotatable bonds is 5. The van der Waals surface area contributed by atoms with E-state index in [1.54, 1.807) is 19.1 Å². The summed E-state index contributed by atoms with van der Waals surface area (Å²) in [7, 11) is 0. The van der Waals surface area contributed by atoms with Gasteiger partial charge in [-0.1, -0.05) is 12.1 Å². The van der Waals surface area contributed by atoms with Gasteiger partial charge in [0.15, 0.2) is 0 Å². The molecule has 8 heteroatoms. The highest BCUT2D eigenvalue weighted by atomic mass is 32.1. The van der Waals surface area contributed by atoms with E-state index in [0.29, 0.717) is 34.5 Å². The van der Waals surface area contributed by atoms with Crippen molar-refractivity contribution in [1.29, 1.82) is 0 Å². The first kappa shape index (κ1) is 18.8. The Labute approximate surface area is 165 Å². The van der Waals surface area contributed by atoms with E-state index < -0.39 is 0 Å². The van der Waals surface area contributed by atoms with E-state index in [0.717, 1.165) is 17.7 Å². The number of aryl methyl sites for hydroxylation is 1. The number of amides is 1. The van der Waals surface area contributed by atoms with Gasteiger partial charge in [0.05, 0.1) is 29.9 Å². The molecule has 1 aromatic carbocycles. The van der Waals surface area contributed by atoms with Crippen molar-refractivity contribution in [3.05, 3.63) is 62.8 Å². The molecule has 1 aliphatic heterocycles. The van der Waals surface area contributed by atoms with Crippen molar-refractivity contribution in [3.8, 4) is 0 Å². The maximum atomic E-state index is 13.3. The maximum Gasteiger partial charge on any atom is 0.262 e. The molecule has 3 aromatic rings. The Hall–Kier alpha value is -2.58. The van der Waals surface area contributed by atoms with Crippen LogP contribution in [0.4, 0.5) is 4.39 Å². The van der Waals surface area contributed by atoms with Gasteiger partial charge in [-0.3, -0.25) is 14.2 Å². The largest absolute Gasteiger partial charge is 0.376 e. The standard InChI is InChI=1S/C20H20FN3O3S/c1-12-16(18(25)22-9-13-4-2-5-14(21)8-13)17-19(28-12)23-11-24(20(17)26)10-15-6-3-7-27-15/h2,4-5,8,11,15H,3,6-7,9-10H2,1H3,(H,22,25)/t15-/m1/s1. The number of benzene rings is 1. The minimum Gasteiger partial charge on any atom is -0.376 e. The lowest BCUT2D eigenvalue weighted by Crippen LogP contribution is -2.29. The van der Waals surface area contributed by atoms with Crippen molar-refractivity contribution in [2.24, 2.45) is 0 Å². The van der Waals surface area contributed by atoms with Gasteiger partial charge in [-0.15, -0.1) is 11.3 Å². The van der Waals surface area contributed by atoms with E-state index >= 15 is 0 Å². The maximum absolute atomic E-state index is 13.3. The molecule has 0 unspecified atom stereocenters. The normalized spacial score (nSPS) is 16.6. The van der Waals surface area contributed by atoms with Crippen molar-refractivity contribution >= 4 is 27.5 Å². The lowest BCUT2D eigenvalue weighted by molar-refractivity contribution is 0.0952. The Morgan fingerprint density at radius 3 is 3.07 bits per heavy atom. The van der Waals surface area contributed by atoms with Gasteiger partial charge < -0.3 is 10.1 Å². The summed E-state index contributed by atoms with van der Waals surface area (Å²) in [4.78, 5) is 31.5. The van der Waals surface area contributed by atoms with Crippen molar-refractivity contribution in [1.82, 2.24) is 14.9 Å². The average molecular weight is 401 g/mol. The van der Waals surface area contributed by atoms with Crippen LogP contribution >= 0.6 is 11.3 Å². The highest BCUT2D eigenvalue weighted by Crippen LogP contribution is 2.27. The van der Waals surface area contributed by atoms with E-state index in [-0.39, 0.29) is 29.9 Å². The molecule has 146 valence electrons. The molecular weight excluding hydrogens is 381 g/mol. The molecule has 2 aromatic heterocycles. The zero-order chi connectivity index (χ0) is 19.7. The van der Waals surface area contributed by atoms with Gasteiger partial charge in [-0.2, -0.15) is 0 Å².